The fraction of sp³-hybridized carbons (Fsp3) is 0.762. The van der Waals surface area contributed by atoms with Crippen molar-refractivity contribution < 1.29 is 34.8 Å². The Hall–Kier alpha value is -1.73. The van der Waals surface area contributed by atoms with Crippen molar-refractivity contribution in [1.29, 1.82) is 0 Å². The maximum Gasteiger partial charge on any atom is 0.328 e. The Morgan fingerprint density at radius 3 is 1.07 bits per heavy atom. The van der Waals surface area contributed by atoms with Crippen LogP contribution in [0.4, 0.5) is 0 Å². The zero-order chi connectivity index (χ0) is 21.5. The number of aliphatic hydroxyl groups excluding tert-OH is 2. The summed E-state index contributed by atoms with van der Waals surface area (Å²) in [5.41, 5.74) is 0. The van der Waals surface area contributed by atoms with Gasteiger partial charge >= 0.3 is 11.9 Å². The number of carboxylic acid groups (broad SMARTS) is 2. The molecule has 0 aliphatic rings. The maximum absolute atomic E-state index is 11.6. The molecule has 0 saturated heterocycles. The van der Waals surface area contributed by atoms with Crippen LogP contribution in [0.15, 0.2) is 12.2 Å². The Kier molecular flexibility index (Phi) is 23.7. The second kappa shape index (κ2) is 23.3. The molecule has 0 radical (unpaired) electrons. The molecule has 7 nitrogen and oxygen atoms in total. The average molecular weight is 403 g/mol. The second-order valence-corrected chi connectivity index (χ2v) is 6.74. The molecule has 0 bridgehead atoms. The van der Waals surface area contributed by atoms with E-state index in [9.17, 15) is 14.4 Å². The largest absolute Gasteiger partial charge is 0.478 e. The molecule has 0 saturated carbocycles. The Balaban J connectivity index is 0. The third-order valence-corrected chi connectivity index (χ3v) is 4.10. The van der Waals surface area contributed by atoms with E-state index in [0.29, 0.717) is 31.1 Å². The summed E-state index contributed by atoms with van der Waals surface area (Å²) in [6.07, 6.45) is 15.8. The summed E-state index contributed by atoms with van der Waals surface area (Å²) >= 11 is 0. The first-order chi connectivity index (χ1) is 13.4. The normalized spacial score (nSPS) is 10.5. The van der Waals surface area contributed by atoms with Gasteiger partial charge in [-0.05, 0) is 25.7 Å². The molecule has 7 heteroatoms. The molecule has 0 amide bonds. The van der Waals surface area contributed by atoms with Crippen LogP contribution in [-0.4, -0.2) is 51.4 Å². The molecule has 4 N–H and O–H groups in total. The topological polar surface area (TPSA) is 132 Å². The average Bonchev–Trinajstić information content (AvgIpc) is 2.65. The standard InChI is InChI=1S/C17H34O3.C4H4O4/c18-15-11-7-3-1-5-9-13-17(20)14-10-6-2-4-8-12-16-19;5-3(6)1-2-4(7)8/h18-19H,1-16H2;1-2H,(H,5,6)(H,7,8). The number of hydrogen-bond donors (Lipinski definition) is 4. The molecular formula is C21H38O7. The monoisotopic (exact) mass is 402 g/mol. The third-order valence-electron chi connectivity index (χ3n) is 4.10. The number of unbranched alkanes of at least 4 members (excludes halogenated alkanes) is 10. The summed E-state index contributed by atoms with van der Waals surface area (Å²) in [4.78, 5) is 30.8. The van der Waals surface area contributed by atoms with E-state index in [0.717, 1.165) is 64.2 Å². The molecule has 0 heterocycles. The van der Waals surface area contributed by atoms with Crippen LogP contribution in [0, 0.1) is 0 Å². The Bertz CT molecular complexity index is 383. The summed E-state index contributed by atoms with van der Waals surface area (Å²) in [6, 6.07) is 0. The Labute approximate surface area is 168 Å². The Morgan fingerprint density at radius 1 is 0.500 bits per heavy atom. The predicted molar refractivity (Wildman–Crippen MR) is 108 cm³/mol. The van der Waals surface area contributed by atoms with Gasteiger partial charge in [-0.15, -0.1) is 0 Å². The molecule has 0 aromatic carbocycles. The van der Waals surface area contributed by atoms with Crippen LogP contribution in [0.1, 0.15) is 89.9 Å². The lowest BCUT2D eigenvalue weighted by molar-refractivity contribution is -0.134. The smallest absolute Gasteiger partial charge is 0.328 e. The minimum atomic E-state index is -1.26. The van der Waals surface area contributed by atoms with Crippen LogP contribution < -0.4 is 0 Å². The van der Waals surface area contributed by atoms with E-state index < -0.39 is 11.9 Å². The second-order valence-electron chi connectivity index (χ2n) is 6.74. The van der Waals surface area contributed by atoms with Gasteiger partial charge in [0.15, 0.2) is 0 Å². The number of ketones is 1. The molecule has 0 spiro atoms. The first-order valence-corrected chi connectivity index (χ1v) is 10.3. The molecule has 28 heavy (non-hydrogen) atoms. The van der Waals surface area contributed by atoms with Gasteiger partial charge in [-0.2, -0.15) is 0 Å². The van der Waals surface area contributed by atoms with Gasteiger partial charge in [0.2, 0.25) is 0 Å². The molecule has 0 aliphatic heterocycles. The van der Waals surface area contributed by atoms with Gasteiger partial charge in [0, 0.05) is 38.2 Å². The van der Waals surface area contributed by atoms with Gasteiger partial charge in [-0.3, -0.25) is 4.79 Å². The third kappa shape index (κ3) is 29.0. The first-order valence-electron chi connectivity index (χ1n) is 10.3. The fourth-order valence-electron chi connectivity index (χ4n) is 2.55. The number of carboxylic acids is 2. The van der Waals surface area contributed by atoms with Crippen LogP contribution in [0.2, 0.25) is 0 Å². The number of carbonyl (C=O) groups is 3. The number of aliphatic hydroxyl groups is 2. The summed E-state index contributed by atoms with van der Waals surface area (Å²) in [7, 11) is 0. The van der Waals surface area contributed by atoms with Crippen molar-refractivity contribution in [3.8, 4) is 0 Å². The highest BCUT2D eigenvalue weighted by molar-refractivity contribution is 5.89. The lowest BCUT2D eigenvalue weighted by Gasteiger charge is -2.02. The predicted octanol–water partition coefficient (Wildman–Crippen LogP) is 3.71. The van der Waals surface area contributed by atoms with E-state index in [4.69, 9.17) is 20.4 Å². The van der Waals surface area contributed by atoms with Crippen molar-refractivity contribution in [2.45, 2.75) is 89.9 Å². The number of carbonyl (C=O) groups excluding carboxylic acids is 1. The zero-order valence-electron chi connectivity index (χ0n) is 17.0. The van der Waals surface area contributed by atoms with E-state index in [2.05, 4.69) is 0 Å². The van der Waals surface area contributed by atoms with Crippen molar-refractivity contribution in [3.63, 3.8) is 0 Å². The molecule has 0 aromatic rings. The maximum atomic E-state index is 11.6. The van der Waals surface area contributed by atoms with Crippen molar-refractivity contribution >= 4 is 17.7 Å². The van der Waals surface area contributed by atoms with Crippen molar-refractivity contribution in [2.75, 3.05) is 13.2 Å². The van der Waals surface area contributed by atoms with Gasteiger partial charge in [0.05, 0.1) is 0 Å². The molecule has 0 aliphatic carbocycles. The summed E-state index contributed by atoms with van der Waals surface area (Å²) < 4.78 is 0. The van der Waals surface area contributed by atoms with E-state index >= 15 is 0 Å². The highest BCUT2D eigenvalue weighted by atomic mass is 16.4. The van der Waals surface area contributed by atoms with Crippen molar-refractivity contribution in [2.24, 2.45) is 0 Å². The minimum Gasteiger partial charge on any atom is -0.478 e. The van der Waals surface area contributed by atoms with Crippen LogP contribution in [-0.2, 0) is 14.4 Å². The summed E-state index contributed by atoms with van der Waals surface area (Å²) in [5, 5.41) is 32.9. The zero-order valence-corrected chi connectivity index (χ0v) is 17.0. The fourth-order valence-corrected chi connectivity index (χ4v) is 2.55. The van der Waals surface area contributed by atoms with E-state index in [1.54, 1.807) is 0 Å². The van der Waals surface area contributed by atoms with Gasteiger partial charge < -0.3 is 20.4 Å². The van der Waals surface area contributed by atoms with Crippen molar-refractivity contribution in [1.82, 2.24) is 0 Å². The van der Waals surface area contributed by atoms with E-state index in [-0.39, 0.29) is 0 Å². The van der Waals surface area contributed by atoms with Crippen LogP contribution in [0.3, 0.4) is 0 Å². The van der Waals surface area contributed by atoms with Crippen molar-refractivity contribution in [3.05, 3.63) is 12.2 Å². The van der Waals surface area contributed by atoms with E-state index in [1.807, 2.05) is 0 Å². The molecule has 0 rings (SSSR count). The Morgan fingerprint density at radius 2 is 0.786 bits per heavy atom. The SMILES string of the molecule is O=C(CCCCCCCCO)CCCCCCCCO.O=C(O)C=CC(=O)O. The summed E-state index contributed by atoms with van der Waals surface area (Å²) in [5.74, 6) is -2.09. The van der Waals surface area contributed by atoms with Gasteiger partial charge in [0.1, 0.15) is 5.78 Å². The number of hydrogen-bond acceptors (Lipinski definition) is 5. The number of aliphatic carboxylic acids is 2. The van der Waals surface area contributed by atoms with Crippen LogP contribution in [0.5, 0.6) is 0 Å². The number of Topliss-reactive ketones (excluding diaryl/α,β-unsaturated/α-hetero) is 1. The van der Waals surface area contributed by atoms with Gasteiger partial charge in [-0.25, -0.2) is 9.59 Å². The highest BCUT2D eigenvalue weighted by Gasteiger charge is 2.01. The van der Waals surface area contributed by atoms with Gasteiger partial charge in [-0.1, -0.05) is 51.4 Å². The molecule has 0 fully saturated rings. The molecule has 164 valence electrons. The molecule has 0 unspecified atom stereocenters. The molecular weight excluding hydrogens is 364 g/mol. The van der Waals surface area contributed by atoms with Crippen LogP contribution >= 0.6 is 0 Å². The quantitative estimate of drug-likeness (QED) is 0.203. The number of rotatable bonds is 18. The lowest BCUT2D eigenvalue weighted by atomic mass is 10.0. The first kappa shape index (κ1) is 28.5. The van der Waals surface area contributed by atoms with Crippen LogP contribution in [0.25, 0.3) is 0 Å². The summed E-state index contributed by atoms with van der Waals surface area (Å²) in [6.45, 7) is 0.608. The lowest BCUT2D eigenvalue weighted by Crippen LogP contribution is -1.97. The van der Waals surface area contributed by atoms with Gasteiger partial charge in [0.25, 0.3) is 0 Å². The highest BCUT2D eigenvalue weighted by Crippen LogP contribution is 2.11. The molecule has 0 aromatic heterocycles. The van der Waals surface area contributed by atoms with E-state index in [1.165, 1.54) is 25.7 Å². The minimum absolute atomic E-state index is 0.304. The molecule has 0 atom stereocenters.